The fourth-order valence-corrected chi connectivity index (χ4v) is 7.79. The van der Waals surface area contributed by atoms with Gasteiger partial charge >= 0.3 is 29.6 Å². The molecule has 1 N–H and O–H groups in total. The van der Waals surface area contributed by atoms with Gasteiger partial charge in [0.2, 0.25) is 17.5 Å². The fraction of sp³-hybridized carbons (Fsp3) is 0.447. The third-order valence-electron chi connectivity index (χ3n) is 9.20. The minimum Gasteiger partial charge on any atom is -0.550 e. The van der Waals surface area contributed by atoms with Crippen LogP contribution >= 0.6 is 11.3 Å². The summed E-state index contributed by atoms with van der Waals surface area (Å²) >= 11 is 1.39. The van der Waals surface area contributed by atoms with Crippen molar-refractivity contribution in [2.45, 2.75) is 85.2 Å². The molecule has 0 spiro atoms. The minimum absolute atomic E-state index is 0. The number of anilines is 1. The molecule has 4 rings (SSSR count). The Bertz CT molecular complexity index is 1650. The fourth-order valence-electron chi connectivity index (χ4n) is 6.29. The summed E-state index contributed by atoms with van der Waals surface area (Å²) in [6.07, 6.45) is 3.70. The van der Waals surface area contributed by atoms with Crippen LogP contribution in [-0.2, 0) is 29.0 Å². The molecule has 1 heterocycles. The number of aliphatic carboxylic acids is 1. The molecule has 1 aliphatic carbocycles. The molecule has 11 heteroatoms. The maximum atomic E-state index is 13.7. The second-order valence-corrected chi connectivity index (χ2v) is 14.5. The molecular weight excluding hydrogens is 649 g/mol. The van der Waals surface area contributed by atoms with Crippen molar-refractivity contribution in [3.8, 4) is 0 Å². The summed E-state index contributed by atoms with van der Waals surface area (Å²) in [5.41, 5.74) is 2.90. The molecule has 1 aliphatic rings. The molecule has 2 amide bonds. The molecule has 2 aromatic carbocycles. The standard InChI is InChI=1S/C38H47N3O6S.Na/c1-6-28(7-2)41(21-20-40(5)31(42)16-17-32(43)44)24-25-12-11-15-27(22-25)36(47)39-37-33(29-18-19-38(3,4)23-30(29)48-37)35(46)34(45)26-13-9-8-10-14-26;/h8-15,22,28H,6-7,16-21,23-24H2,1-5H3,(H,39,47)(H,43,44);/q;+1/p-1. The van der Waals surface area contributed by atoms with Gasteiger partial charge in [0, 0.05) is 61.1 Å². The van der Waals surface area contributed by atoms with Crippen molar-refractivity contribution in [3.63, 3.8) is 0 Å². The first kappa shape index (κ1) is 40.3. The molecule has 3 aromatic rings. The Labute approximate surface area is 315 Å². The molecule has 256 valence electrons. The van der Waals surface area contributed by atoms with Gasteiger partial charge in [0.1, 0.15) is 5.00 Å². The number of carboxylic acids is 1. The van der Waals surface area contributed by atoms with Gasteiger partial charge in [-0.15, -0.1) is 11.3 Å². The Kier molecular flexibility index (Phi) is 15.0. The normalized spacial score (nSPS) is 13.4. The van der Waals surface area contributed by atoms with E-state index in [1.807, 2.05) is 18.2 Å². The van der Waals surface area contributed by atoms with Crippen molar-refractivity contribution in [1.82, 2.24) is 9.80 Å². The van der Waals surface area contributed by atoms with Crippen molar-refractivity contribution in [1.29, 1.82) is 0 Å². The number of Topliss-reactive ketones (excluding diaryl/α,β-unsaturated/α-hetero) is 2. The van der Waals surface area contributed by atoms with E-state index in [9.17, 15) is 29.1 Å². The average Bonchev–Trinajstić information content (AvgIpc) is 3.41. The van der Waals surface area contributed by atoms with Crippen LogP contribution in [0.25, 0.3) is 0 Å². The zero-order valence-corrected chi connectivity index (χ0v) is 32.4. The number of hydrogen-bond acceptors (Lipinski definition) is 8. The predicted molar refractivity (Wildman–Crippen MR) is 186 cm³/mol. The largest absolute Gasteiger partial charge is 1.00 e. The number of rotatable bonds is 16. The number of likely N-dealkylation sites (N-methyl/N-ethyl adjacent to an activating group) is 1. The zero-order valence-electron chi connectivity index (χ0n) is 29.6. The first-order chi connectivity index (χ1) is 22.8. The third-order valence-corrected chi connectivity index (χ3v) is 10.4. The summed E-state index contributed by atoms with van der Waals surface area (Å²) in [5, 5.41) is 14.2. The second-order valence-electron chi connectivity index (χ2n) is 13.4. The van der Waals surface area contributed by atoms with Gasteiger partial charge in [0.05, 0.1) is 5.56 Å². The van der Waals surface area contributed by atoms with Gasteiger partial charge in [-0.05, 0) is 67.2 Å². The number of nitrogens with zero attached hydrogens (tertiary/aromatic N) is 2. The summed E-state index contributed by atoms with van der Waals surface area (Å²) in [5.74, 6) is -3.05. The van der Waals surface area contributed by atoms with Crippen LogP contribution in [0.2, 0.25) is 0 Å². The first-order valence-corrected chi connectivity index (χ1v) is 17.5. The van der Waals surface area contributed by atoms with E-state index < -0.39 is 17.5 Å². The summed E-state index contributed by atoms with van der Waals surface area (Å²) in [7, 11) is 1.67. The second kappa shape index (κ2) is 18.2. The van der Waals surface area contributed by atoms with Gasteiger partial charge in [-0.2, -0.15) is 0 Å². The molecule has 0 saturated heterocycles. The van der Waals surface area contributed by atoms with Crippen LogP contribution in [-0.4, -0.2) is 65.3 Å². The van der Waals surface area contributed by atoms with E-state index >= 15 is 0 Å². The van der Waals surface area contributed by atoms with Crippen molar-refractivity contribution < 1.29 is 58.6 Å². The Hall–Kier alpha value is -3.15. The molecule has 49 heavy (non-hydrogen) atoms. The minimum atomic E-state index is -1.24. The number of thiophene rings is 1. The van der Waals surface area contributed by atoms with Gasteiger partial charge in [-0.25, -0.2) is 0 Å². The molecule has 0 radical (unpaired) electrons. The van der Waals surface area contributed by atoms with Gasteiger partial charge in [-0.1, -0.05) is 70.2 Å². The molecule has 0 aliphatic heterocycles. The number of benzene rings is 2. The Morgan fingerprint density at radius 3 is 2.24 bits per heavy atom. The van der Waals surface area contributed by atoms with Crippen LogP contribution in [0.4, 0.5) is 5.00 Å². The van der Waals surface area contributed by atoms with Gasteiger partial charge < -0.3 is 20.1 Å². The topological polar surface area (TPSA) is 127 Å². The van der Waals surface area contributed by atoms with Crippen molar-refractivity contribution in [3.05, 3.63) is 87.3 Å². The number of hydrogen-bond donors (Lipinski definition) is 1. The number of nitrogens with one attached hydrogen (secondary N) is 1. The summed E-state index contributed by atoms with van der Waals surface area (Å²) < 4.78 is 0. The van der Waals surface area contributed by atoms with Crippen LogP contribution in [0.15, 0.2) is 54.6 Å². The van der Waals surface area contributed by atoms with Gasteiger partial charge in [-0.3, -0.25) is 24.1 Å². The van der Waals surface area contributed by atoms with Crippen LogP contribution in [0.3, 0.4) is 0 Å². The Balaban J connectivity index is 0.00000650. The number of ketones is 2. The number of carbonyl (C=O) groups excluding carboxylic acids is 5. The van der Waals surface area contributed by atoms with Crippen molar-refractivity contribution in [2.75, 3.05) is 25.5 Å². The van der Waals surface area contributed by atoms with E-state index in [-0.39, 0.29) is 65.7 Å². The number of fused-ring (bicyclic) bond motifs is 1. The maximum absolute atomic E-state index is 13.7. The quantitative estimate of drug-likeness (QED) is 0.139. The van der Waals surface area contributed by atoms with Crippen LogP contribution in [0, 0.1) is 5.41 Å². The van der Waals surface area contributed by atoms with Crippen molar-refractivity contribution in [2.24, 2.45) is 5.41 Å². The summed E-state index contributed by atoms with van der Waals surface area (Å²) in [6.45, 7) is 10.2. The summed E-state index contributed by atoms with van der Waals surface area (Å²) in [4.78, 5) is 68.8. The third kappa shape index (κ3) is 10.7. The zero-order chi connectivity index (χ0) is 35.0. The predicted octanol–water partition coefficient (Wildman–Crippen LogP) is 2.56. The van der Waals surface area contributed by atoms with E-state index in [0.717, 1.165) is 41.7 Å². The average molecular weight is 696 g/mol. The smallest absolute Gasteiger partial charge is 0.550 e. The molecule has 0 atom stereocenters. The van der Waals surface area contributed by atoms with E-state index in [1.165, 1.54) is 11.3 Å². The molecule has 9 nitrogen and oxygen atoms in total. The molecular formula is C38H46N3NaO6S. The molecule has 0 bridgehead atoms. The van der Waals surface area contributed by atoms with E-state index in [0.29, 0.717) is 47.7 Å². The van der Waals surface area contributed by atoms with Gasteiger partial charge in [0.15, 0.2) is 0 Å². The van der Waals surface area contributed by atoms with Crippen LogP contribution in [0.5, 0.6) is 0 Å². The molecule has 0 saturated carbocycles. The van der Waals surface area contributed by atoms with E-state index in [4.69, 9.17) is 0 Å². The Morgan fingerprint density at radius 2 is 1.59 bits per heavy atom. The SMILES string of the molecule is CCC(CC)N(CCN(C)C(=O)CCC(=O)[O-])Cc1cccc(C(=O)Nc2sc3c(c2C(=O)C(=O)c2ccccc2)CCC(C)(C)C3)c1.[Na+]. The molecule has 0 fully saturated rings. The van der Waals surface area contributed by atoms with Crippen LogP contribution in [0.1, 0.15) is 107 Å². The monoisotopic (exact) mass is 695 g/mol. The number of amides is 2. The van der Waals surface area contributed by atoms with E-state index in [1.54, 1.807) is 48.3 Å². The van der Waals surface area contributed by atoms with Gasteiger partial charge in [0.25, 0.3) is 5.91 Å². The first-order valence-electron chi connectivity index (χ1n) is 16.7. The molecule has 1 aromatic heterocycles. The van der Waals surface area contributed by atoms with Crippen molar-refractivity contribution >= 4 is 45.7 Å². The molecule has 0 unspecified atom stereocenters. The number of carboxylic acid groups (broad SMARTS) is 1. The van der Waals surface area contributed by atoms with E-state index in [2.05, 4.69) is 37.9 Å². The van der Waals surface area contributed by atoms with Crippen LogP contribution < -0.4 is 40.0 Å². The Morgan fingerprint density at radius 1 is 0.918 bits per heavy atom. The maximum Gasteiger partial charge on any atom is 1.00 e. The number of carbonyl (C=O) groups is 5. The summed E-state index contributed by atoms with van der Waals surface area (Å²) in [6, 6.07) is 16.1.